The third-order valence-corrected chi connectivity index (χ3v) is 1.92. The Morgan fingerprint density at radius 1 is 1.75 bits per heavy atom. The minimum absolute atomic E-state index is 0.355. The molecule has 0 aromatic carbocycles. The first-order valence-corrected chi connectivity index (χ1v) is 3.84. The van der Waals surface area contributed by atoms with E-state index in [1.54, 1.807) is 6.07 Å². The summed E-state index contributed by atoms with van der Waals surface area (Å²) in [5.74, 6) is -0.461. The summed E-state index contributed by atoms with van der Waals surface area (Å²) in [6, 6.07) is 1.73. The van der Waals surface area contributed by atoms with Gasteiger partial charge in [0, 0.05) is 13.1 Å². The highest BCUT2D eigenvalue weighted by Gasteiger charge is 2.13. The van der Waals surface area contributed by atoms with Crippen LogP contribution in [0.15, 0.2) is 6.07 Å². The summed E-state index contributed by atoms with van der Waals surface area (Å²) in [6.45, 7) is 2.47. The molecule has 5 nitrogen and oxygen atoms in total. The smallest absolute Gasteiger partial charge is 0.269 e. The van der Waals surface area contributed by atoms with Crippen LogP contribution in [0.25, 0.3) is 0 Å². The Morgan fingerprint density at radius 3 is 3.25 bits per heavy atom. The molecule has 3 N–H and O–H groups in total. The summed E-state index contributed by atoms with van der Waals surface area (Å²) in [5.41, 5.74) is 6.47. The monoisotopic (exact) mass is 166 g/mol. The normalized spacial score (nSPS) is 15.7. The summed E-state index contributed by atoms with van der Waals surface area (Å²) in [5, 5.41) is 7.23. The maximum atomic E-state index is 10.7. The molecule has 0 spiro atoms. The molecule has 1 aromatic rings. The third-order valence-electron chi connectivity index (χ3n) is 1.92. The molecule has 0 radical (unpaired) electrons. The molecule has 2 heterocycles. The average Bonchev–Trinajstić information content (AvgIpc) is 2.46. The number of primary amides is 1. The van der Waals surface area contributed by atoms with E-state index in [1.165, 1.54) is 0 Å². The molecule has 0 atom stereocenters. The zero-order valence-corrected chi connectivity index (χ0v) is 6.58. The quantitative estimate of drug-likeness (QED) is 0.567. The van der Waals surface area contributed by atoms with Crippen molar-refractivity contribution in [1.82, 2.24) is 15.1 Å². The second kappa shape index (κ2) is 2.60. The van der Waals surface area contributed by atoms with Crippen molar-refractivity contribution in [1.29, 1.82) is 0 Å². The van der Waals surface area contributed by atoms with Crippen molar-refractivity contribution in [3.8, 4) is 0 Å². The number of aromatic nitrogens is 2. The number of amides is 1. The molecule has 1 aliphatic heterocycles. The SMILES string of the molecule is NC(=O)c1cc2n(n1)CCNC2. The van der Waals surface area contributed by atoms with Gasteiger partial charge in [0.05, 0.1) is 12.2 Å². The number of carbonyl (C=O) groups is 1. The number of rotatable bonds is 1. The molecule has 0 saturated heterocycles. The van der Waals surface area contributed by atoms with Crippen LogP contribution in [0.3, 0.4) is 0 Å². The molecule has 0 aliphatic carbocycles. The molecule has 1 aromatic heterocycles. The summed E-state index contributed by atoms with van der Waals surface area (Å²) >= 11 is 0. The molecule has 2 rings (SSSR count). The summed E-state index contributed by atoms with van der Waals surface area (Å²) in [7, 11) is 0. The van der Waals surface area contributed by atoms with Crippen LogP contribution in [0, 0.1) is 0 Å². The van der Waals surface area contributed by atoms with Crippen LogP contribution in [-0.2, 0) is 13.1 Å². The minimum atomic E-state index is -0.461. The molecule has 12 heavy (non-hydrogen) atoms. The molecule has 0 fully saturated rings. The van der Waals surface area contributed by atoms with Gasteiger partial charge in [-0.05, 0) is 6.07 Å². The first-order valence-electron chi connectivity index (χ1n) is 3.84. The molecule has 1 aliphatic rings. The van der Waals surface area contributed by atoms with Crippen LogP contribution in [0.5, 0.6) is 0 Å². The van der Waals surface area contributed by atoms with E-state index in [-0.39, 0.29) is 0 Å². The summed E-state index contributed by atoms with van der Waals surface area (Å²) < 4.78 is 1.82. The van der Waals surface area contributed by atoms with Crippen LogP contribution in [-0.4, -0.2) is 22.2 Å². The molecule has 0 unspecified atom stereocenters. The first-order chi connectivity index (χ1) is 5.77. The number of nitrogens with two attached hydrogens (primary N) is 1. The zero-order valence-electron chi connectivity index (χ0n) is 6.58. The van der Waals surface area contributed by atoms with Gasteiger partial charge in [0.1, 0.15) is 5.69 Å². The predicted molar refractivity (Wildman–Crippen MR) is 42.5 cm³/mol. The van der Waals surface area contributed by atoms with Gasteiger partial charge < -0.3 is 11.1 Å². The Bertz CT molecular complexity index is 294. The highest BCUT2D eigenvalue weighted by molar-refractivity contribution is 5.90. The van der Waals surface area contributed by atoms with E-state index in [9.17, 15) is 4.79 Å². The fraction of sp³-hybridized carbons (Fsp3) is 0.429. The number of hydrogen-bond acceptors (Lipinski definition) is 3. The van der Waals surface area contributed by atoms with Crippen molar-refractivity contribution in [2.45, 2.75) is 13.1 Å². The second-order valence-electron chi connectivity index (χ2n) is 2.79. The standard InChI is InChI=1S/C7H10N4O/c8-7(12)6-3-5-4-9-1-2-11(5)10-6/h3,9H,1-2,4H2,(H2,8,12). The predicted octanol–water partition coefficient (Wildman–Crippen LogP) is -0.915. The van der Waals surface area contributed by atoms with Crippen molar-refractivity contribution < 1.29 is 4.79 Å². The first kappa shape index (κ1) is 7.30. The van der Waals surface area contributed by atoms with Gasteiger partial charge in [0.2, 0.25) is 0 Å². The van der Waals surface area contributed by atoms with E-state index >= 15 is 0 Å². The van der Waals surface area contributed by atoms with Crippen LogP contribution in [0.4, 0.5) is 0 Å². The lowest BCUT2D eigenvalue weighted by Gasteiger charge is -2.13. The lowest BCUT2D eigenvalue weighted by molar-refractivity contribution is 0.0994. The minimum Gasteiger partial charge on any atom is -0.364 e. The number of fused-ring (bicyclic) bond motifs is 1. The molecule has 64 valence electrons. The van der Waals surface area contributed by atoms with E-state index in [4.69, 9.17) is 5.73 Å². The molecular weight excluding hydrogens is 156 g/mol. The van der Waals surface area contributed by atoms with Gasteiger partial charge >= 0.3 is 0 Å². The van der Waals surface area contributed by atoms with Crippen molar-refractivity contribution in [3.63, 3.8) is 0 Å². The highest BCUT2D eigenvalue weighted by Crippen LogP contribution is 2.06. The van der Waals surface area contributed by atoms with E-state index in [2.05, 4.69) is 10.4 Å². The van der Waals surface area contributed by atoms with Crippen molar-refractivity contribution in [3.05, 3.63) is 17.5 Å². The van der Waals surface area contributed by atoms with Crippen molar-refractivity contribution >= 4 is 5.91 Å². The number of nitrogens with one attached hydrogen (secondary N) is 1. The van der Waals surface area contributed by atoms with Crippen LogP contribution >= 0.6 is 0 Å². The maximum Gasteiger partial charge on any atom is 0.269 e. The number of nitrogens with zero attached hydrogens (tertiary/aromatic N) is 2. The van der Waals surface area contributed by atoms with Gasteiger partial charge in [-0.2, -0.15) is 5.10 Å². The van der Waals surface area contributed by atoms with E-state index in [0.29, 0.717) is 5.69 Å². The summed E-state index contributed by atoms with van der Waals surface area (Å²) in [6.07, 6.45) is 0. The highest BCUT2D eigenvalue weighted by atomic mass is 16.1. The number of carbonyl (C=O) groups excluding carboxylic acids is 1. The Balaban J connectivity index is 2.38. The van der Waals surface area contributed by atoms with Crippen molar-refractivity contribution in [2.24, 2.45) is 5.73 Å². The zero-order chi connectivity index (χ0) is 8.55. The fourth-order valence-corrected chi connectivity index (χ4v) is 1.31. The van der Waals surface area contributed by atoms with Gasteiger partial charge in [-0.3, -0.25) is 9.48 Å². The molecule has 5 heteroatoms. The fourth-order valence-electron chi connectivity index (χ4n) is 1.31. The lowest BCUT2D eigenvalue weighted by Crippen LogP contribution is -2.28. The topological polar surface area (TPSA) is 72.9 Å². The summed E-state index contributed by atoms with van der Waals surface area (Å²) in [4.78, 5) is 10.7. The Morgan fingerprint density at radius 2 is 2.58 bits per heavy atom. The third kappa shape index (κ3) is 1.08. The van der Waals surface area contributed by atoms with Crippen molar-refractivity contribution in [2.75, 3.05) is 6.54 Å². The molecule has 0 bridgehead atoms. The maximum absolute atomic E-state index is 10.7. The van der Waals surface area contributed by atoms with Gasteiger partial charge in [0.15, 0.2) is 0 Å². The van der Waals surface area contributed by atoms with Gasteiger partial charge in [0.25, 0.3) is 5.91 Å². The van der Waals surface area contributed by atoms with E-state index in [0.717, 1.165) is 25.3 Å². The average molecular weight is 166 g/mol. The molecule has 1 amide bonds. The van der Waals surface area contributed by atoms with E-state index < -0.39 is 5.91 Å². The lowest BCUT2D eigenvalue weighted by atomic mass is 10.3. The number of hydrogen-bond donors (Lipinski definition) is 2. The largest absolute Gasteiger partial charge is 0.364 e. The van der Waals surface area contributed by atoms with Crippen LogP contribution in [0.2, 0.25) is 0 Å². The van der Waals surface area contributed by atoms with Crippen LogP contribution in [0.1, 0.15) is 16.2 Å². The van der Waals surface area contributed by atoms with E-state index in [1.807, 2.05) is 4.68 Å². The Labute approximate surface area is 69.5 Å². The Hall–Kier alpha value is -1.36. The molecule has 0 saturated carbocycles. The van der Waals surface area contributed by atoms with Gasteiger partial charge in [-0.1, -0.05) is 0 Å². The Kier molecular flexibility index (Phi) is 1.58. The van der Waals surface area contributed by atoms with Gasteiger partial charge in [-0.25, -0.2) is 0 Å². The van der Waals surface area contributed by atoms with Gasteiger partial charge in [-0.15, -0.1) is 0 Å². The van der Waals surface area contributed by atoms with Crippen LogP contribution < -0.4 is 11.1 Å². The second-order valence-corrected chi connectivity index (χ2v) is 2.79. The molecular formula is C7H10N4O.